The molecule has 1 nitrogen and oxygen atoms in total. The normalized spacial score (nSPS) is 15.5. The Kier molecular flexibility index (Phi) is 4.35. The van der Waals surface area contributed by atoms with Gasteiger partial charge in [-0.1, -0.05) is 12.2 Å². The van der Waals surface area contributed by atoms with E-state index in [1.807, 2.05) is 32.9 Å². The van der Waals surface area contributed by atoms with Crippen LogP contribution in [0.25, 0.3) is 0 Å². The fourth-order valence-electron chi connectivity index (χ4n) is 0.809. The van der Waals surface area contributed by atoms with E-state index in [1.165, 1.54) is 5.57 Å². The van der Waals surface area contributed by atoms with Gasteiger partial charge in [0.2, 0.25) is 0 Å². The highest BCUT2D eigenvalue weighted by molar-refractivity contribution is 5.30. The third-order valence-corrected chi connectivity index (χ3v) is 1.46. The van der Waals surface area contributed by atoms with Crippen LogP contribution in [0.5, 0.6) is 0 Å². The summed E-state index contributed by atoms with van der Waals surface area (Å²) in [6.45, 7) is 7.66. The molecule has 0 aliphatic rings. The molecule has 0 aliphatic heterocycles. The quantitative estimate of drug-likeness (QED) is 0.475. The fraction of sp³-hybridized carbons (Fsp3) is 0.400. The van der Waals surface area contributed by atoms with Crippen LogP contribution >= 0.6 is 0 Å². The summed E-state index contributed by atoms with van der Waals surface area (Å²) in [7, 11) is 0. The Morgan fingerprint density at radius 2 is 1.64 bits per heavy atom. The molecule has 0 aliphatic carbocycles. The Morgan fingerprint density at radius 3 is 2.00 bits per heavy atom. The molecule has 0 saturated heterocycles. The molecule has 0 aromatic heterocycles. The van der Waals surface area contributed by atoms with E-state index in [2.05, 4.69) is 0 Å². The summed E-state index contributed by atoms with van der Waals surface area (Å²) in [4.78, 5) is 0. The largest absolute Gasteiger partial charge is 0.513 e. The lowest BCUT2D eigenvalue weighted by atomic mass is 10.1. The van der Waals surface area contributed by atoms with Crippen molar-refractivity contribution in [3.63, 3.8) is 0 Å². The molecule has 0 heterocycles. The van der Waals surface area contributed by atoms with Crippen LogP contribution in [0.15, 0.2) is 35.1 Å². The molecular weight excluding hydrogens is 136 g/mol. The highest BCUT2D eigenvalue weighted by Gasteiger charge is 1.89. The van der Waals surface area contributed by atoms with Gasteiger partial charge in [0.1, 0.15) is 0 Å². The van der Waals surface area contributed by atoms with Gasteiger partial charge in [0.25, 0.3) is 0 Å². The summed E-state index contributed by atoms with van der Waals surface area (Å²) >= 11 is 0. The maximum Gasteiger partial charge on any atom is 0.0894 e. The van der Waals surface area contributed by atoms with Crippen LogP contribution < -0.4 is 0 Å². The van der Waals surface area contributed by atoms with Crippen molar-refractivity contribution in [3.05, 3.63) is 35.1 Å². The van der Waals surface area contributed by atoms with Crippen molar-refractivity contribution in [2.24, 2.45) is 0 Å². The third kappa shape index (κ3) is 4.43. The minimum atomic E-state index is 0.353. The summed E-state index contributed by atoms with van der Waals surface area (Å²) in [5, 5.41) is 8.94. The lowest BCUT2D eigenvalue weighted by molar-refractivity contribution is 0.414. The van der Waals surface area contributed by atoms with Crippen LogP contribution in [0.2, 0.25) is 0 Å². The third-order valence-electron chi connectivity index (χ3n) is 1.46. The Balaban J connectivity index is 4.53. The zero-order valence-corrected chi connectivity index (χ0v) is 7.68. The molecule has 0 radical (unpaired) electrons. The molecule has 0 unspecified atom stereocenters. The molecular formula is C10H16O. The van der Waals surface area contributed by atoms with E-state index in [-0.39, 0.29) is 0 Å². The van der Waals surface area contributed by atoms with E-state index in [0.29, 0.717) is 5.76 Å². The first-order chi connectivity index (χ1) is 5.07. The minimum absolute atomic E-state index is 0.353. The second-order valence-electron chi connectivity index (χ2n) is 2.65. The van der Waals surface area contributed by atoms with Crippen molar-refractivity contribution in [3.8, 4) is 0 Å². The molecule has 0 saturated carbocycles. The highest BCUT2D eigenvalue weighted by atomic mass is 16.3. The van der Waals surface area contributed by atoms with E-state index in [1.54, 1.807) is 13.0 Å². The van der Waals surface area contributed by atoms with Gasteiger partial charge in [0.05, 0.1) is 5.76 Å². The first kappa shape index (κ1) is 10.0. The van der Waals surface area contributed by atoms with E-state index >= 15 is 0 Å². The second kappa shape index (κ2) is 4.78. The smallest absolute Gasteiger partial charge is 0.0894 e. The standard InChI is InChI=1S/C10H16O/c1-5-6-8(2)9(3)7-10(4)11/h5-7,11H,1-4H3/b6-5+,9-8-,10-7+. The average Bonchev–Trinajstić information content (AvgIpc) is 1.86. The zero-order valence-electron chi connectivity index (χ0n) is 7.68. The SMILES string of the molecule is C/C=C/C(C)=C(C)\C=C(/C)O. The summed E-state index contributed by atoms with van der Waals surface area (Å²) in [5.74, 6) is 0.353. The Bertz CT molecular complexity index is 203. The van der Waals surface area contributed by atoms with Gasteiger partial charge in [-0.2, -0.15) is 0 Å². The van der Waals surface area contributed by atoms with Gasteiger partial charge in [0, 0.05) is 0 Å². The van der Waals surface area contributed by atoms with Gasteiger partial charge in [-0.25, -0.2) is 0 Å². The molecule has 0 spiro atoms. The topological polar surface area (TPSA) is 20.2 Å². The number of hydrogen-bond donors (Lipinski definition) is 1. The van der Waals surface area contributed by atoms with Crippen LogP contribution in [-0.2, 0) is 0 Å². The molecule has 11 heavy (non-hydrogen) atoms. The Labute approximate surface area is 68.7 Å². The first-order valence-electron chi connectivity index (χ1n) is 3.75. The van der Waals surface area contributed by atoms with Crippen molar-refractivity contribution in [1.82, 2.24) is 0 Å². The number of allylic oxidation sites excluding steroid dienone is 6. The lowest BCUT2D eigenvalue weighted by Gasteiger charge is -1.97. The summed E-state index contributed by atoms with van der Waals surface area (Å²) in [6.07, 6.45) is 5.77. The summed E-state index contributed by atoms with van der Waals surface area (Å²) in [5.41, 5.74) is 2.28. The molecule has 0 aromatic rings. The summed E-state index contributed by atoms with van der Waals surface area (Å²) < 4.78 is 0. The molecule has 0 amide bonds. The highest BCUT2D eigenvalue weighted by Crippen LogP contribution is 2.07. The molecule has 1 N–H and O–H groups in total. The van der Waals surface area contributed by atoms with E-state index in [9.17, 15) is 0 Å². The predicted octanol–water partition coefficient (Wildman–Crippen LogP) is 3.36. The molecule has 0 rings (SSSR count). The van der Waals surface area contributed by atoms with Crippen LogP contribution in [0, 0.1) is 0 Å². The number of hydrogen-bond acceptors (Lipinski definition) is 1. The molecule has 0 bridgehead atoms. The van der Waals surface area contributed by atoms with Gasteiger partial charge < -0.3 is 5.11 Å². The van der Waals surface area contributed by atoms with Gasteiger partial charge in [0.15, 0.2) is 0 Å². The van der Waals surface area contributed by atoms with Crippen molar-refractivity contribution in [2.45, 2.75) is 27.7 Å². The van der Waals surface area contributed by atoms with Crippen LogP contribution in [0.1, 0.15) is 27.7 Å². The maximum atomic E-state index is 8.94. The number of rotatable bonds is 2. The van der Waals surface area contributed by atoms with Gasteiger partial charge in [-0.15, -0.1) is 0 Å². The maximum absolute atomic E-state index is 8.94. The van der Waals surface area contributed by atoms with Crippen molar-refractivity contribution < 1.29 is 5.11 Å². The van der Waals surface area contributed by atoms with Crippen molar-refractivity contribution in [2.75, 3.05) is 0 Å². The molecule has 0 atom stereocenters. The first-order valence-corrected chi connectivity index (χ1v) is 3.75. The lowest BCUT2D eigenvalue weighted by Crippen LogP contribution is -1.78. The monoisotopic (exact) mass is 152 g/mol. The van der Waals surface area contributed by atoms with Gasteiger partial charge in [-0.3, -0.25) is 0 Å². The Hall–Kier alpha value is -0.980. The van der Waals surface area contributed by atoms with E-state index < -0.39 is 0 Å². The van der Waals surface area contributed by atoms with Gasteiger partial charge in [-0.05, 0) is 44.9 Å². The predicted molar refractivity (Wildman–Crippen MR) is 49.6 cm³/mol. The fourth-order valence-corrected chi connectivity index (χ4v) is 0.809. The minimum Gasteiger partial charge on any atom is -0.513 e. The molecule has 0 aromatic carbocycles. The number of aliphatic hydroxyl groups excluding tert-OH is 1. The van der Waals surface area contributed by atoms with E-state index in [4.69, 9.17) is 5.11 Å². The van der Waals surface area contributed by atoms with Crippen molar-refractivity contribution in [1.29, 1.82) is 0 Å². The molecule has 62 valence electrons. The summed E-state index contributed by atoms with van der Waals surface area (Å²) in [6, 6.07) is 0. The number of aliphatic hydroxyl groups is 1. The second-order valence-corrected chi connectivity index (χ2v) is 2.65. The van der Waals surface area contributed by atoms with E-state index in [0.717, 1.165) is 5.57 Å². The van der Waals surface area contributed by atoms with Crippen LogP contribution in [0.3, 0.4) is 0 Å². The van der Waals surface area contributed by atoms with Crippen LogP contribution in [0.4, 0.5) is 0 Å². The van der Waals surface area contributed by atoms with Crippen molar-refractivity contribution >= 4 is 0 Å². The Morgan fingerprint density at radius 1 is 1.09 bits per heavy atom. The zero-order chi connectivity index (χ0) is 8.85. The van der Waals surface area contributed by atoms with Gasteiger partial charge >= 0.3 is 0 Å². The van der Waals surface area contributed by atoms with Crippen LogP contribution in [-0.4, -0.2) is 5.11 Å². The average molecular weight is 152 g/mol. The molecule has 0 fully saturated rings. The molecule has 1 heteroatoms.